The van der Waals surface area contributed by atoms with Crippen LogP contribution in [0.5, 0.6) is 0 Å². The lowest BCUT2D eigenvalue weighted by Gasteiger charge is -2.23. The lowest BCUT2D eigenvalue weighted by Crippen LogP contribution is -2.39. The fourth-order valence-electron chi connectivity index (χ4n) is 2.55. The van der Waals surface area contributed by atoms with Crippen LogP contribution in [-0.4, -0.2) is 38.4 Å². The second-order valence-corrected chi connectivity index (χ2v) is 3.89. The van der Waals surface area contributed by atoms with Gasteiger partial charge in [0.25, 0.3) is 0 Å². The van der Waals surface area contributed by atoms with Crippen LogP contribution in [0, 0.1) is 11.8 Å². The molecule has 0 amide bonds. The van der Waals surface area contributed by atoms with Gasteiger partial charge in [-0.3, -0.25) is 9.59 Å². The first kappa shape index (κ1) is 10.4. The maximum atomic E-state index is 11.5. The Hall–Kier alpha value is -1.10. The quantitative estimate of drug-likeness (QED) is 0.611. The Morgan fingerprint density at radius 2 is 1.40 bits per heavy atom. The molecule has 84 valence electrons. The second-order valence-electron chi connectivity index (χ2n) is 3.89. The highest BCUT2D eigenvalue weighted by atomic mass is 16.6. The van der Waals surface area contributed by atoms with E-state index in [1.54, 1.807) is 0 Å². The van der Waals surface area contributed by atoms with Gasteiger partial charge in [-0.1, -0.05) is 0 Å². The Kier molecular flexibility index (Phi) is 2.65. The predicted molar refractivity (Wildman–Crippen MR) is 48.9 cm³/mol. The number of hydrogen-bond acceptors (Lipinski definition) is 5. The van der Waals surface area contributed by atoms with Crippen LogP contribution >= 0.6 is 0 Å². The third kappa shape index (κ3) is 1.51. The summed E-state index contributed by atoms with van der Waals surface area (Å²) in [7, 11) is 2.64. The van der Waals surface area contributed by atoms with E-state index in [9.17, 15) is 9.59 Å². The van der Waals surface area contributed by atoms with E-state index >= 15 is 0 Å². The van der Waals surface area contributed by atoms with Gasteiger partial charge in [-0.05, 0) is 12.8 Å². The van der Waals surface area contributed by atoms with Crippen molar-refractivity contribution in [1.82, 2.24) is 0 Å². The number of ether oxygens (including phenoxy) is 3. The molecule has 2 fully saturated rings. The number of fused-ring (bicyclic) bond motifs is 2. The molecule has 2 rings (SSSR count). The number of hydrogen-bond donors (Lipinski definition) is 0. The number of rotatable bonds is 2. The molecule has 15 heavy (non-hydrogen) atoms. The minimum atomic E-state index is -0.485. The largest absolute Gasteiger partial charge is 0.469 e. The van der Waals surface area contributed by atoms with Gasteiger partial charge in [-0.15, -0.1) is 0 Å². The first-order valence-electron chi connectivity index (χ1n) is 5.00. The zero-order chi connectivity index (χ0) is 11.0. The molecule has 5 nitrogen and oxygen atoms in total. The van der Waals surface area contributed by atoms with Gasteiger partial charge in [-0.2, -0.15) is 0 Å². The number of carbonyl (C=O) groups excluding carboxylic acids is 2. The number of esters is 2. The van der Waals surface area contributed by atoms with Crippen molar-refractivity contribution in [3.63, 3.8) is 0 Å². The second kappa shape index (κ2) is 3.81. The number of carbonyl (C=O) groups is 2. The van der Waals surface area contributed by atoms with Crippen molar-refractivity contribution < 1.29 is 23.8 Å². The summed E-state index contributed by atoms with van der Waals surface area (Å²) < 4.78 is 14.9. The lowest BCUT2D eigenvalue weighted by molar-refractivity contribution is -0.157. The topological polar surface area (TPSA) is 61.8 Å². The molecule has 0 aliphatic carbocycles. The standard InChI is InChI=1S/C10H14O5/c1-13-9(11)7-5-3-4-6(15-5)8(7)10(12)14-2/h5-8H,3-4H2,1-2H3/t5-,6+,7-,8+. The van der Waals surface area contributed by atoms with Gasteiger partial charge in [0, 0.05) is 0 Å². The van der Waals surface area contributed by atoms with Crippen LogP contribution in [0.15, 0.2) is 0 Å². The zero-order valence-corrected chi connectivity index (χ0v) is 8.76. The van der Waals surface area contributed by atoms with E-state index in [-0.39, 0.29) is 24.1 Å². The molecule has 2 saturated heterocycles. The van der Waals surface area contributed by atoms with E-state index in [4.69, 9.17) is 4.74 Å². The van der Waals surface area contributed by atoms with Crippen molar-refractivity contribution in [2.75, 3.05) is 14.2 Å². The smallest absolute Gasteiger partial charge is 0.312 e. The van der Waals surface area contributed by atoms with Crippen LogP contribution in [0.2, 0.25) is 0 Å². The van der Waals surface area contributed by atoms with E-state index in [1.807, 2.05) is 0 Å². The molecule has 5 heteroatoms. The summed E-state index contributed by atoms with van der Waals surface area (Å²) in [5, 5.41) is 0. The first-order valence-corrected chi connectivity index (χ1v) is 5.00. The van der Waals surface area contributed by atoms with Gasteiger partial charge in [0.05, 0.1) is 38.3 Å². The lowest BCUT2D eigenvalue weighted by atomic mass is 9.79. The number of methoxy groups -OCH3 is 2. The average molecular weight is 214 g/mol. The normalized spacial score (nSPS) is 37.7. The molecule has 2 heterocycles. The molecule has 0 radical (unpaired) electrons. The molecule has 2 aliphatic heterocycles. The third-order valence-corrected chi connectivity index (χ3v) is 3.22. The van der Waals surface area contributed by atoms with Crippen LogP contribution in [0.4, 0.5) is 0 Å². The van der Waals surface area contributed by atoms with Crippen molar-refractivity contribution in [2.24, 2.45) is 11.8 Å². The summed E-state index contributed by atoms with van der Waals surface area (Å²) in [5.74, 6) is -1.72. The van der Waals surface area contributed by atoms with E-state index < -0.39 is 11.8 Å². The Labute approximate surface area is 87.7 Å². The minimum Gasteiger partial charge on any atom is -0.469 e. The van der Waals surface area contributed by atoms with Crippen LogP contribution in [0.3, 0.4) is 0 Å². The van der Waals surface area contributed by atoms with Crippen molar-refractivity contribution >= 4 is 11.9 Å². The highest BCUT2D eigenvalue weighted by Crippen LogP contribution is 2.44. The van der Waals surface area contributed by atoms with Gasteiger partial charge in [0.1, 0.15) is 0 Å². The van der Waals surface area contributed by atoms with Gasteiger partial charge in [-0.25, -0.2) is 0 Å². The van der Waals surface area contributed by atoms with E-state index in [1.165, 1.54) is 14.2 Å². The Morgan fingerprint density at radius 3 is 1.73 bits per heavy atom. The van der Waals surface area contributed by atoms with Crippen molar-refractivity contribution in [3.8, 4) is 0 Å². The highest BCUT2D eigenvalue weighted by Gasteiger charge is 2.56. The third-order valence-electron chi connectivity index (χ3n) is 3.22. The molecule has 0 spiro atoms. The fraction of sp³-hybridized carbons (Fsp3) is 0.800. The Morgan fingerprint density at radius 1 is 1.00 bits per heavy atom. The van der Waals surface area contributed by atoms with Gasteiger partial charge in [0.15, 0.2) is 0 Å². The molecular formula is C10H14O5. The van der Waals surface area contributed by atoms with Crippen molar-refractivity contribution in [3.05, 3.63) is 0 Å². The maximum absolute atomic E-state index is 11.5. The molecule has 2 aliphatic rings. The summed E-state index contributed by atoms with van der Waals surface area (Å²) in [6.45, 7) is 0. The summed E-state index contributed by atoms with van der Waals surface area (Å²) in [4.78, 5) is 23.0. The highest BCUT2D eigenvalue weighted by molar-refractivity contribution is 5.84. The Balaban J connectivity index is 2.19. The van der Waals surface area contributed by atoms with Crippen LogP contribution in [0.1, 0.15) is 12.8 Å². The van der Waals surface area contributed by atoms with Crippen LogP contribution in [0.25, 0.3) is 0 Å². The maximum Gasteiger partial charge on any atom is 0.312 e. The monoisotopic (exact) mass is 214 g/mol. The summed E-state index contributed by atoms with van der Waals surface area (Å²) in [6.07, 6.45) is 1.29. The summed E-state index contributed by atoms with van der Waals surface area (Å²) >= 11 is 0. The van der Waals surface area contributed by atoms with Gasteiger partial charge >= 0.3 is 11.9 Å². The summed E-state index contributed by atoms with van der Waals surface area (Å²) in [5.41, 5.74) is 0. The zero-order valence-electron chi connectivity index (χ0n) is 8.76. The van der Waals surface area contributed by atoms with Crippen molar-refractivity contribution in [2.45, 2.75) is 25.0 Å². The van der Waals surface area contributed by atoms with Crippen LogP contribution in [-0.2, 0) is 23.8 Å². The van der Waals surface area contributed by atoms with E-state index in [0.29, 0.717) is 0 Å². The van der Waals surface area contributed by atoms with Gasteiger partial charge in [0.2, 0.25) is 0 Å². The molecule has 0 unspecified atom stereocenters. The molecule has 0 aromatic heterocycles. The molecule has 0 N–H and O–H groups in total. The molecule has 2 bridgehead atoms. The van der Waals surface area contributed by atoms with E-state index in [0.717, 1.165) is 12.8 Å². The average Bonchev–Trinajstić information content (AvgIpc) is 2.86. The van der Waals surface area contributed by atoms with Crippen LogP contribution < -0.4 is 0 Å². The first-order chi connectivity index (χ1) is 7.19. The molecule has 4 atom stereocenters. The fourth-order valence-corrected chi connectivity index (χ4v) is 2.55. The minimum absolute atomic E-state index is 0.174. The predicted octanol–water partition coefficient (Wildman–Crippen LogP) is 0.126. The molecule has 0 aromatic carbocycles. The SMILES string of the molecule is COC(=O)[C@@H]1[C@H](C(=O)OC)[C@H]2CC[C@@H]1O2. The van der Waals surface area contributed by atoms with Gasteiger partial charge < -0.3 is 14.2 Å². The molecular weight excluding hydrogens is 200 g/mol. The van der Waals surface area contributed by atoms with Crippen molar-refractivity contribution in [1.29, 1.82) is 0 Å². The van der Waals surface area contributed by atoms with E-state index in [2.05, 4.69) is 9.47 Å². The summed E-state index contributed by atoms with van der Waals surface area (Å²) in [6, 6.07) is 0. The molecule has 0 saturated carbocycles. The Bertz CT molecular complexity index is 260. The molecule has 0 aromatic rings.